The molecular formula is C21H25F3N2O6. The van der Waals surface area contributed by atoms with Crippen LogP contribution in [0.2, 0.25) is 0 Å². The van der Waals surface area contributed by atoms with E-state index < -0.39 is 12.1 Å². The van der Waals surface area contributed by atoms with Gasteiger partial charge < -0.3 is 24.0 Å². The third-order valence-corrected chi connectivity index (χ3v) is 5.37. The highest BCUT2D eigenvalue weighted by molar-refractivity contribution is 5.80. The fraction of sp³-hybridized carbons (Fsp3) is 0.524. The molecule has 2 fully saturated rings. The first kappa shape index (κ1) is 23.9. The second-order valence-electron chi connectivity index (χ2n) is 7.68. The number of hydrogen-bond acceptors (Lipinski definition) is 6. The van der Waals surface area contributed by atoms with E-state index in [2.05, 4.69) is 10.2 Å². The number of likely N-dealkylation sites (tertiary alicyclic amines) is 1. The maximum Gasteiger partial charge on any atom is 0.490 e. The Morgan fingerprint density at radius 3 is 2.53 bits per heavy atom. The molecule has 2 aliphatic heterocycles. The van der Waals surface area contributed by atoms with Gasteiger partial charge in [-0.25, -0.2) is 4.79 Å². The van der Waals surface area contributed by atoms with E-state index in [1.165, 1.54) is 0 Å². The molecule has 0 aromatic carbocycles. The number of amides is 1. The second-order valence-corrected chi connectivity index (χ2v) is 7.68. The standard InChI is InChI=1S/C19H24N2O4.C2HF3O2/c1-13-4-5-15(24-13)12-21-9-8-17-16(21)6-7-18(25-17)19(22)20-11-14-3-2-10-23-14;3-2(4,5)1(6)7/h2-5,10,16-18H,6-9,11-12H2,1H3,(H,20,22);(H,6,7)/t16-,17-,18+;/m1./s1. The van der Waals surface area contributed by atoms with Crippen LogP contribution in [0.1, 0.15) is 36.5 Å². The molecule has 8 nitrogen and oxygen atoms in total. The van der Waals surface area contributed by atoms with Crippen molar-refractivity contribution in [3.8, 4) is 0 Å². The number of aliphatic carboxylic acids is 1. The fourth-order valence-corrected chi connectivity index (χ4v) is 3.88. The Morgan fingerprint density at radius 1 is 1.19 bits per heavy atom. The number of rotatable bonds is 5. The van der Waals surface area contributed by atoms with Crippen LogP contribution >= 0.6 is 0 Å². The molecule has 11 heteroatoms. The van der Waals surface area contributed by atoms with Gasteiger partial charge in [-0.3, -0.25) is 9.69 Å². The van der Waals surface area contributed by atoms with E-state index in [1.54, 1.807) is 6.26 Å². The number of carboxylic acids is 1. The number of carboxylic acid groups (broad SMARTS) is 1. The van der Waals surface area contributed by atoms with Crippen molar-refractivity contribution in [2.45, 2.75) is 63.7 Å². The van der Waals surface area contributed by atoms with Gasteiger partial charge in [0.15, 0.2) is 0 Å². The minimum atomic E-state index is -5.08. The summed E-state index contributed by atoms with van der Waals surface area (Å²) < 4.78 is 48.8. The van der Waals surface area contributed by atoms with Gasteiger partial charge in [-0.15, -0.1) is 0 Å². The predicted molar refractivity (Wildman–Crippen MR) is 104 cm³/mol. The van der Waals surface area contributed by atoms with E-state index in [-0.39, 0.29) is 18.1 Å². The number of nitrogens with one attached hydrogen (secondary N) is 1. The summed E-state index contributed by atoms with van der Waals surface area (Å²) in [4.78, 5) is 23.7. The lowest BCUT2D eigenvalue weighted by atomic mass is 9.98. The van der Waals surface area contributed by atoms with Gasteiger partial charge in [0, 0.05) is 12.6 Å². The topological polar surface area (TPSA) is 105 Å². The summed E-state index contributed by atoms with van der Waals surface area (Å²) in [6, 6.07) is 8.08. The lowest BCUT2D eigenvalue weighted by Crippen LogP contribution is -2.47. The minimum absolute atomic E-state index is 0.0463. The van der Waals surface area contributed by atoms with Crippen LogP contribution in [0, 0.1) is 6.92 Å². The number of ether oxygens (including phenoxy) is 1. The maximum atomic E-state index is 12.4. The van der Waals surface area contributed by atoms with Crippen LogP contribution in [0.25, 0.3) is 0 Å². The summed E-state index contributed by atoms with van der Waals surface area (Å²) in [7, 11) is 0. The number of nitrogens with zero attached hydrogens (tertiary/aromatic N) is 1. The fourth-order valence-electron chi connectivity index (χ4n) is 3.88. The summed E-state index contributed by atoms with van der Waals surface area (Å²) in [5, 5.41) is 10.0. The van der Waals surface area contributed by atoms with Crippen LogP contribution in [0.4, 0.5) is 13.2 Å². The van der Waals surface area contributed by atoms with E-state index in [0.717, 1.165) is 49.6 Å². The number of halogens is 3. The highest BCUT2D eigenvalue weighted by atomic mass is 19.4. The van der Waals surface area contributed by atoms with Crippen molar-refractivity contribution in [2.24, 2.45) is 0 Å². The van der Waals surface area contributed by atoms with Crippen LogP contribution in [-0.2, 0) is 27.4 Å². The number of carbonyl (C=O) groups is 2. The Balaban J connectivity index is 0.000000360. The molecule has 0 radical (unpaired) electrons. The summed E-state index contributed by atoms with van der Waals surface area (Å²) in [6.45, 7) is 4.17. The van der Waals surface area contributed by atoms with Crippen molar-refractivity contribution < 1.29 is 41.4 Å². The third-order valence-electron chi connectivity index (χ3n) is 5.37. The van der Waals surface area contributed by atoms with Gasteiger partial charge in [0.2, 0.25) is 5.91 Å². The Kier molecular flexibility index (Phi) is 7.62. The number of hydrogen-bond donors (Lipinski definition) is 2. The van der Waals surface area contributed by atoms with Gasteiger partial charge in [-0.1, -0.05) is 0 Å². The van der Waals surface area contributed by atoms with Gasteiger partial charge in [0.05, 0.1) is 25.5 Å². The lowest BCUT2D eigenvalue weighted by molar-refractivity contribution is -0.192. The highest BCUT2D eigenvalue weighted by Gasteiger charge is 2.42. The summed E-state index contributed by atoms with van der Waals surface area (Å²) in [6.07, 6.45) is -1.02. The molecule has 176 valence electrons. The van der Waals surface area contributed by atoms with Crippen LogP contribution in [0.3, 0.4) is 0 Å². The zero-order valence-electron chi connectivity index (χ0n) is 17.4. The molecule has 32 heavy (non-hydrogen) atoms. The van der Waals surface area contributed by atoms with Crippen molar-refractivity contribution in [3.63, 3.8) is 0 Å². The van der Waals surface area contributed by atoms with Crippen LogP contribution in [-0.4, -0.2) is 52.9 Å². The smallest absolute Gasteiger partial charge is 0.475 e. The maximum absolute atomic E-state index is 12.4. The molecule has 2 saturated heterocycles. The normalized spacial score (nSPS) is 23.2. The molecule has 3 atom stereocenters. The molecule has 0 saturated carbocycles. The molecule has 1 amide bonds. The van der Waals surface area contributed by atoms with E-state index >= 15 is 0 Å². The van der Waals surface area contributed by atoms with Crippen molar-refractivity contribution in [1.82, 2.24) is 10.2 Å². The van der Waals surface area contributed by atoms with E-state index in [4.69, 9.17) is 23.5 Å². The van der Waals surface area contributed by atoms with Crippen LogP contribution < -0.4 is 5.32 Å². The van der Waals surface area contributed by atoms with Gasteiger partial charge >= 0.3 is 12.1 Å². The van der Waals surface area contributed by atoms with E-state index in [0.29, 0.717) is 12.6 Å². The number of furan rings is 2. The number of aryl methyl sites for hydroxylation is 1. The number of carbonyl (C=O) groups excluding carboxylic acids is 1. The largest absolute Gasteiger partial charge is 0.490 e. The van der Waals surface area contributed by atoms with Crippen molar-refractivity contribution in [1.29, 1.82) is 0 Å². The van der Waals surface area contributed by atoms with Gasteiger partial charge in [0.25, 0.3) is 0 Å². The second kappa shape index (κ2) is 10.2. The first-order valence-corrected chi connectivity index (χ1v) is 10.2. The molecule has 2 N–H and O–H groups in total. The number of alkyl halides is 3. The van der Waals surface area contributed by atoms with Crippen LogP contribution in [0.15, 0.2) is 39.4 Å². The summed E-state index contributed by atoms with van der Waals surface area (Å²) >= 11 is 0. The van der Waals surface area contributed by atoms with E-state index in [1.807, 2.05) is 31.2 Å². The molecule has 4 heterocycles. The molecule has 2 aromatic rings. The Bertz CT molecular complexity index is 896. The molecule has 4 rings (SSSR count). The highest BCUT2D eigenvalue weighted by Crippen LogP contribution is 2.32. The van der Waals surface area contributed by atoms with Crippen molar-refractivity contribution >= 4 is 11.9 Å². The third kappa shape index (κ3) is 6.36. The average Bonchev–Trinajstić information content (AvgIpc) is 3.48. The molecule has 2 aromatic heterocycles. The van der Waals surface area contributed by atoms with Gasteiger partial charge in [0.1, 0.15) is 23.4 Å². The molecule has 2 aliphatic rings. The van der Waals surface area contributed by atoms with Crippen LogP contribution in [0.5, 0.6) is 0 Å². The predicted octanol–water partition coefficient (Wildman–Crippen LogP) is 3.25. The minimum Gasteiger partial charge on any atom is -0.475 e. The molecule has 0 aliphatic carbocycles. The lowest BCUT2D eigenvalue weighted by Gasteiger charge is -2.35. The average molecular weight is 458 g/mol. The Morgan fingerprint density at radius 2 is 1.94 bits per heavy atom. The molecule has 0 unspecified atom stereocenters. The zero-order chi connectivity index (χ0) is 23.3. The molecular weight excluding hydrogens is 433 g/mol. The SMILES string of the molecule is Cc1ccc(CN2CC[C@H]3O[C@H](C(=O)NCc4ccco4)CC[C@H]32)o1.O=C(O)C(F)(F)F. The van der Waals surface area contributed by atoms with Crippen molar-refractivity contribution in [2.75, 3.05) is 6.54 Å². The van der Waals surface area contributed by atoms with Gasteiger partial charge in [-0.05, 0) is 50.5 Å². The summed E-state index contributed by atoms with van der Waals surface area (Å²) in [5.74, 6) is -0.110. The number of fused-ring (bicyclic) bond motifs is 1. The first-order valence-electron chi connectivity index (χ1n) is 10.2. The Labute approximate surface area is 182 Å². The summed E-state index contributed by atoms with van der Waals surface area (Å²) in [5.41, 5.74) is 0. The molecule has 0 spiro atoms. The first-order chi connectivity index (χ1) is 15.1. The Hall–Kier alpha value is -2.79. The van der Waals surface area contributed by atoms with Gasteiger partial charge in [-0.2, -0.15) is 13.2 Å². The monoisotopic (exact) mass is 458 g/mol. The zero-order valence-corrected chi connectivity index (χ0v) is 17.4. The van der Waals surface area contributed by atoms with Crippen molar-refractivity contribution in [3.05, 3.63) is 47.8 Å². The van der Waals surface area contributed by atoms with E-state index in [9.17, 15) is 18.0 Å². The quantitative estimate of drug-likeness (QED) is 0.709. The molecule has 0 bridgehead atoms.